The minimum absolute atomic E-state index is 0.0493. The molecule has 0 aliphatic carbocycles. The average molecular weight is 215 g/mol. The van der Waals surface area contributed by atoms with Gasteiger partial charge in [-0.05, 0) is 33.1 Å². The van der Waals surface area contributed by atoms with E-state index in [0.717, 1.165) is 12.5 Å². The minimum Gasteiger partial charge on any atom is -0.377 e. The smallest absolute Gasteiger partial charge is 0.0746 e. The third-order valence-electron chi connectivity index (χ3n) is 2.85. The third-order valence-corrected chi connectivity index (χ3v) is 2.85. The molecular weight excluding hydrogens is 186 g/mol. The van der Waals surface area contributed by atoms with Crippen molar-refractivity contribution < 1.29 is 4.74 Å². The molecule has 0 saturated carbocycles. The highest BCUT2D eigenvalue weighted by Crippen LogP contribution is 2.10. The summed E-state index contributed by atoms with van der Waals surface area (Å²) >= 11 is 0. The fourth-order valence-electron chi connectivity index (χ4n) is 1.43. The van der Waals surface area contributed by atoms with Crippen LogP contribution in [0, 0.1) is 5.92 Å². The van der Waals surface area contributed by atoms with Crippen LogP contribution in [0.25, 0.3) is 0 Å². The van der Waals surface area contributed by atoms with Gasteiger partial charge in [-0.1, -0.05) is 26.7 Å². The molecule has 0 aromatic carbocycles. The fourth-order valence-corrected chi connectivity index (χ4v) is 1.43. The highest BCUT2D eigenvalue weighted by Gasteiger charge is 2.16. The molecule has 15 heavy (non-hydrogen) atoms. The molecule has 2 nitrogen and oxygen atoms in total. The van der Waals surface area contributed by atoms with Crippen molar-refractivity contribution in [2.75, 3.05) is 13.7 Å². The highest BCUT2D eigenvalue weighted by molar-refractivity contribution is 4.73. The second kappa shape index (κ2) is 7.24. The van der Waals surface area contributed by atoms with Gasteiger partial charge in [-0.3, -0.25) is 0 Å². The van der Waals surface area contributed by atoms with Crippen molar-refractivity contribution in [1.82, 2.24) is 5.32 Å². The summed E-state index contributed by atoms with van der Waals surface area (Å²) in [6.45, 7) is 12.0. The number of ether oxygens (including phenoxy) is 1. The first-order valence-corrected chi connectivity index (χ1v) is 6.16. The van der Waals surface area contributed by atoms with Crippen LogP contribution in [0.4, 0.5) is 0 Å². The second-order valence-corrected chi connectivity index (χ2v) is 5.57. The Morgan fingerprint density at radius 2 is 1.73 bits per heavy atom. The Bertz CT molecular complexity index is 155. The van der Waals surface area contributed by atoms with Gasteiger partial charge in [-0.2, -0.15) is 0 Å². The van der Waals surface area contributed by atoms with Crippen molar-refractivity contribution in [2.45, 2.75) is 65.5 Å². The van der Waals surface area contributed by atoms with Crippen molar-refractivity contribution in [3.05, 3.63) is 0 Å². The Balaban J connectivity index is 3.53. The van der Waals surface area contributed by atoms with Crippen LogP contribution in [0.2, 0.25) is 0 Å². The summed E-state index contributed by atoms with van der Waals surface area (Å²) in [5.41, 5.74) is -0.0493. The van der Waals surface area contributed by atoms with Gasteiger partial charge in [-0.15, -0.1) is 0 Å². The molecule has 0 radical (unpaired) electrons. The van der Waals surface area contributed by atoms with Crippen LogP contribution in [0.15, 0.2) is 0 Å². The molecule has 0 aromatic rings. The van der Waals surface area contributed by atoms with Gasteiger partial charge in [0.2, 0.25) is 0 Å². The van der Waals surface area contributed by atoms with E-state index in [2.05, 4.69) is 39.9 Å². The Labute approximate surface area is 95.8 Å². The molecule has 0 spiro atoms. The molecule has 1 atom stereocenters. The molecule has 0 bridgehead atoms. The summed E-state index contributed by atoms with van der Waals surface area (Å²) in [6.07, 6.45) is 3.91. The lowest BCUT2D eigenvalue weighted by atomic mass is 10.0. The van der Waals surface area contributed by atoms with Crippen molar-refractivity contribution in [1.29, 1.82) is 0 Å². The maximum atomic E-state index is 5.37. The normalized spacial score (nSPS) is 14.6. The zero-order valence-electron chi connectivity index (χ0n) is 11.4. The molecule has 1 unspecified atom stereocenters. The van der Waals surface area contributed by atoms with Crippen LogP contribution < -0.4 is 5.32 Å². The summed E-state index contributed by atoms with van der Waals surface area (Å²) in [6, 6.07) is 0.596. The zero-order valence-corrected chi connectivity index (χ0v) is 11.4. The first-order valence-electron chi connectivity index (χ1n) is 6.16. The second-order valence-electron chi connectivity index (χ2n) is 5.57. The van der Waals surface area contributed by atoms with E-state index in [1.807, 2.05) is 0 Å². The number of rotatable bonds is 8. The van der Waals surface area contributed by atoms with E-state index < -0.39 is 0 Å². The number of methoxy groups -OCH3 is 1. The summed E-state index contributed by atoms with van der Waals surface area (Å²) in [4.78, 5) is 0. The third kappa shape index (κ3) is 8.88. The molecule has 2 heteroatoms. The Morgan fingerprint density at radius 1 is 1.13 bits per heavy atom. The van der Waals surface area contributed by atoms with Crippen LogP contribution in [-0.4, -0.2) is 25.3 Å². The van der Waals surface area contributed by atoms with Crippen molar-refractivity contribution in [2.24, 2.45) is 5.92 Å². The predicted molar refractivity (Wildman–Crippen MR) is 67.2 cm³/mol. The molecule has 0 saturated heterocycles. The molecular formula is C13H29NO. The molecule has 0 rings (SSSR count). The lowest BCUT2D eigenvalue weighted by Gasteiger charge is -2.25. The summed E-state index contributed by atoms with van der Waals surface area (Å²) in [5, 5.41) is 3.52. The lowest BCUT2D eigenvalue weighted by molar-refractivity contribution is 0.0212. The maximum absolute atomic E-state index is 5.37. The van der Waals surface area contributed by atoms with E-state index in [0.29, 0.717) is 6.04 Å². The van der Waals surface area contributed by atoms with Gasteiger partial charge in [0.15, 0.2) is 0 Å². The Hall–Kier alpha value is -0.0800. The molecule has 0 fully saturated rings. The van der Waals surface area contributed by atoms with Gasteiger partial charge in [0.1, 0.15) is 0 Å². The largest absolute Gasteiger partial charge is 0.377 e. The Morgan fingerprint density at radius 3 is 2.20 bits per heavy atom. The maximum Gasteiger partial charge on any atom is 0.0746 e. The highest BCUT2D eigenvalue weighted by atomic mass is 16.5. The zero-order chi connectivity index (χ0) is 11.9. The molecule has 0 amide bonds. The van der Waals surface area contributed by atoms with Gasteiger partial charge in [0.25, 0.3) is 0 Å². The number of hydrogen-bond donors (Lipinski definition) is 1. The minimum atomic E-state index is -0.0493. The van der Waals surface area contributed by atoms with Gasteiger partial charge >= 0.3 is 0 Å². The van der Waals surface area contributed by atoms with Gasteiger partial charge in [0.05, 0.1) is 5.60 Å². The summed E-state index contributed by atoms with van der Waals surface area (Å²) in [5.74, 6) is 0.826. The standard InChI is InChI=1S/C13H29NO/c1-11(2)8-7-9-12(3)14-10-13(4,5)15-6/h11-12,14H,7-10H2,1-6H3. The van der Waals surface area contributed by atoms with Crippen LogP contribution in [0.3, 0.4) is 0 Å². The SMILES string of the molecule is COC(C)(C)CNC(C)CCCC(C)C. The van der Waals surface area contributed by atoms with Crippen LogP contribution in [-0.2, 0) is 4.74 Å². The van der Waals surface area contributed by atoms with Crippen molar-refractivity contribution >= 4 is 0 Å². The van der Waals surface area contributed by atoms with Gasteiger partial charge < -0.3 is 10.1 Å². The van der Waals surface area contributed by atoms with E-state index in [9.17, 15) is 0 Å². The molecule has 0 heterocycles. The van der Waals surface area contributed by atoms with Crippen molar-refractivity contribution in [3.8, 4) is 0 Å². The number of hydrogen-bond acceptors (Lipinski definition) is 2. The van der Waals surface area contributed by atoms with Crippen LogP contribution in [0.1, 0.15) is 53.9 Å². The average Bonchev–Trinajstić information content (AvgIpc) is 2.14. The molecule has 0 aliphatic rings. The van der Waals surface area contributed by atoms with E-state index in [-0.39, 0.29) is 5.60 Å². The molecule has 1 N–H and O–H groups in total. The predicted octanol–water partition coefficient (Wildman–Crippen LogP) is 3.22. The first-order chi connectivity index (χ1) is 6.87. The first kappa shape index (κ1) is 14.9. The molecule has 92 valence electrons. The van der Waals surface area contributed by atoms with Crippen LogP contribution >= 0.6 is 0 Å². The lowest BCUT2D eigenvalue weighted by Crippen LogP contribution is -2.40. The fraction of sp³-hybridized carbons (Fsp3) is 1.00. The quantitative estimate of drug-likeness (QED) is 0.671. The van der Waals surface area contributed by atoms with E-state index in [1.165, 1.54) is 19.3 Å². The van der Waals surface area contributed by atoms with Crippen molar-refractivity contribution in [3.63, 3.8) is 0 Å². The van der Waals surface area contributed by atoms with E-state index >= 15 is 0 Å². The summed E-state index contributed by atoms with van der Waals surface area (Å²) < 4.78 is 5.37. The summed E-state index contributed by atoms with van der Waals surface area (Å²) in [7, 11) is 1.77. The van der Waals surface area contributed by atoms with E-state index in [4.69, 9.17) is 4.74 Å². The molecule has 0 aliphatic heterocycles. The number of nitrogens with one attached hydrogen (secondary N) is 1. The molecule has 0 aromatic heterocycles. The van der Waals surface area contributed by atoms with E-state index in [1.54, 1.807) is 7.11 Å². The van der Waals surface area contributed by atoms with Gasteiger partial charge in [0, 0.05) is 19.7 Å². The van der Waals surface area contributed by atoms with Gasteiger partial charge in [-0.25, -0.2) is 0 Å². The topological polar surface area (TPSA) is 21.3 Å². The monoisotopic (exact) mass is 215 g/mol. The van der Waals surface area contributed by atoms with Crippen LogP contribution in [0.5, 0.6) is 0 Å². The Kier molecular flexibility index (Phi) is 7.20.